The van der Waals surface area contributed by atoms with Gasteiger partial charge in [0, 0.05) is 21.6 Å². The van der Waals surface area contributed by atoms with Gasteiger partial charge in [-0.3, -0.25) is 9.59 Å². The molecule has 29 heavy (non-hydrogen) atoms. The number of nitrogens with one attached hydrogen (secondary N) is 1. The highest BCUT2D eigenvalue weighted by Crippen LogP contribution is 2.17. The van der Waals surface area contributed by atoms with Gasteiger partial charge in [0.2, 0.25) is 5.91 Å². The van der Waals surface area contributed by atoms with E-state index in [-0.39, 0.29) is 18.4 Å². The first-order valence-electron chi connectivity index (χ1n) is 9.29. The number of carbonyl (C=O) groups is 2. The zero-order valence-electron chi connectivity index (χ0n) is 17.0. The van der Waals surface area contributed by atoms with Crippen molar-refractivity contribution in [3.8, 4) is 5.75 Å². The molecule has 2 aromatic rings. The van der Waals surface area contributed by atoms with E-state index >= 15 is 0 Å². The minimum Gasteiger partial charge on any atom is -0.484 e. The van der Waals surface area contributed by atoms with E-state index in [0.29, 0.717) is 17.3 Å². The molecule has 1 atom stereocenters. The van der Waals surface area contributed by atoms with E-state index in [1.165, 1.54) is 4.90 Å². The Labute approximate surface area is 185 Å². The molecule has 0 spiro atoms. The summed E-state index contributed by atoms with van der Waals surface area (Å²) in [7, 11) is 0. The zero-order chi connectivity index (χ0) is 21.6. The second kappa shape index (κ2) is 10.1. The Morgan fingerprint density at radius 2 is 1.69 bits per heavy atom. The van der Waals surface area contributed by atoms with Crippen molar-refractivity contribution < 1.29 is 14.3 Å². The zero-order valence-corrected chi connectivity index (χ0v) is 19.4. The van der Waals surface area contributed by atoms with Crippen LogP contribution in [0.3, 0.4) is 0 Å². The summed E-state index contributed by atoms with van der Waals surface area (Å²) in [6.45, 7) is 7.56. The maximum absolute atomic E-state index is 13.0. The molecule has 0 aromatic heterocycles. The minimum absolute atomic E-state index is 0.175. The Balaban J connectivity index is 2.15. The largest absolute Gasteiger partial charge is 0.484 e. The van der Waals surface area contributed by atoms with Gasteiger partial charge in [0.1, 0.15) is 11.8 Å². The maximum atomic E-state index is 13.0. The van der Waals surface area contributed by atoms with Gasteiger partial charge in [-0.15, -0.1) is 0 Å². The van der Waals surface area contributed by atoms with Crippen molar-refractivity contribution in [1.29, 1.82) is 0 Å². The molecule has 2 aromatic carbocycles. The molecule has 0 saturated carbocycles. The molecule has 0 heterocycles. The molecule has 0 aliphatic carbocycles. The highest BCUT2D eigenvalue weighted by atomic mass is 79.9. The SMILES string of the molecule is C[C@@H](C(=O)NC(C)(C)C)N(Cc1ccc(Br)cc1)C(=O)COc1ccc(Cl)cc1. The molecule has 0 bridgehead atoms. The quantitative estimate of drug-likeness (QED) is 0.617. The molecule has 2 amide bonds. The van der Waals surface area contributed by atoms with E-state index in [1.54, 1.807) is 31.2 Å². The van der Waals surface area contributed by atoms with Crippen molar-refractivity contribution in [2.24, 2.45) is 0 Å². The number of benzene rings is 2. The second-order valence-corrected chi connectivity index (χ2v) is 9.16. The average Bonchev–Trinajstić information content (AvgIpc) is 2.65. The third-order valence-corrected chi connectivity index (χ3v) is 4.89. The van der Waals surface area contributed by atoms with Gasteiger partial charge in [0.15, 0.2) is 6.61 Å². The van der Waals surface area contributed by atoms with Gasteiger partial charge in [-0.1, -0.05) is 39.7 Å². The summed E-state index contributed by atoms with van der Waals surface area (Å²) in [5, 5.41) is 3.52. The monoisotopic (exact) mass is 480 g/mol. The number of hydrogen-bond acceptors (Lipinski definition) is 3. The Hall–Kier alpha value is -2.05. The maximum Gasteiger partial charge on any atom is 0.261 e. The Morgan fingerprint density at radius 1 is 1.10 bits per heavy atom. The topological polar surface area (TPSA) is 58.6 Å². The molecule has 0 unspecified atom stereocenters. The van der Waals surface area contributed by atoms with Gasteiger partial charge in [-0.2, -0.15) is 0 Å². The summed E-state index contributed by atoms with van der Waals surface area (Å²) in [5.41, 5.74) is 0.528. The van der Waals surface area contributed by atoms with Crippen LogP contribution < -0.4 is 10.1 Å². The number of rotatable bonds is 7. The first-order chi connectivity index (χ1) is 13.5. The molecule has 0 saturated heterocycles. The number of carbonyl (C=O) groups excluding carboxylic acids is 2. The molecular formula is C22H26BrClN2O3. The number of ether oxygens (including phenoxy) is 1. The van der Waals surface area contributed by atoms with Crippen LogP contribution in [0.2, 0.25) is 5.02 Å². The number of hydrogen-bond donors (Lipinski definition) is 1. The summed E-state index contributed by atoms with van der Waals surface area (Å²) in [4.78, 5) is 27.2. The predicted octanol–water partition coefficient (Wildman–Crippen LogP) is 4.81. The summed E-state index contributed by atoms with van der Waals surface area (Å²) in [6.07, 6.45) is 0. The van der Waals surface area contributed by atoms with Crippen molar-refractivity contribution >= 4 is 39.3 Å². The Morgan fingerprint density at radius 3 is 2.24 bits per heavy atom. The molecule has 5 nitrogen and oxygen atoms in total. The van der Waals surface area contributed by atoms with E-state index in [4.69, 9.17) is 16.3 Å². The van der Waals surface area contributed by atoms with Crippen LogP contribution in [0.1, 0.15) is 33.3 Å². The first kappa shape index (κ1) is 23.2. The highest BCUT2D eigenvalue weighted by molar-refractivity contribution is 9.10. The third-order valence-electron chi connectivity index (χ3n) is 4.11. The summed E-state index contributed by atoms with van der Waals surface area (Å²) >= 11 is 9.28. The normalized spacial score (nSPS) is 12.2. The fourth-order valence-electron chi connectivity index (χ4n) is 2.60. The fraction of sp³-hybridized carbons (Fsp3) is 0.364. The lowest BCUT2D eigenvalue weighted by Gasteiger charge is -2.31. The molecule has 7 heteroatoms. The van der Waals surface area contributed by atoms with Gasteiger partial charge in [0.25, 0.3) is 5.91 Å². The molecule has 1 N–H and O–H groups in total. The van der Waals surface area contributed by atoms with Crippen molar-refractivity contribution in [1.82, 2.24) is 10.2 Å². The van der Waals surface area contributed by atoms with Crippen LogP contribution in [-0.2, 0) is 16.1 Å². The van der Waals surface area contributed by atoms with E-state index < -0.39 is 11.6 Å². The van der Waals surface area contributed by atoms with Gasteiger partial charge in [-0.05, 0) is 69.7 Å². The number of amides is 2. The molecule has 0 aliphatic rings. The van der Waals surface area contributed by atoms with Crippen LogP contribution in [0.15, 0.2) is 53.0 Å². The van der Waals surface area contributed by atoms with Gasteiger partial charge < -0.3 is 15.0 Å². The lowest BCUT2D eigenvalue weighted by Crippen LogP contribution is -2.53. The fourth-order valence-corrected chi connectivity index (χ4v) is 2.99. The smallest absolute Gasteiger partial charge is 0.261 e. The van der Waals surface area contributed by atoms with E-state index in [1.807, 2.05) is 45.0 Å². The number of nitrogens with zero attached hydrogens (tertiary/aromatic N) is 1. The molecule has 0 fully saturated rings. The van der Waals surface area contributed by atoms with Crippen LogP contribution in [-0.4, -0.2) is 34.9 Å². The van der Waals surface area contributed by atoms with Crippen LogP contribution in [0.5, 0.6) is 5.75 Å². The minimum atomic E-state index is -0.654. The van der Waals surface area contributed by atoms with Crippen LogP contribution >= 0.6 is 27.5 Å². The molecular weight excluding hydrogens is 456 g/mol. The molecule has 2 rings (SSSR count). The third kappa shape index (κ3) is 7.71. The van der Waals surface area contributed by atoms with Gasteiger partial charge in [0.05, 0.1) is 0 Å². The van der Waals surface area contributed by atoms with Gasteiger partial charge in [-0.25, -0.2) is 0 Å². The van der Waals surface area contributed by atoms with Crippen molar-refractivity contribution in [3.63, 3.8) is 0 Å². The highest BCUT2D eigenvalue weighted by Gasteiger charge is 2.28. The van der Waals surface area contributed by atoms with Crippen molar-refractivity contribution in [2.45, 2.75) is 45.8 Å². The van der Waals surface area contributed by atoms with E-state index in [2.05, 4.69) is 21.2 Å². The summed E-state index contributed by atoms with van der Waals surface area (Å²) in [6, 6.07) is 13.8. The van der Waals surface area contributed by atoms with E-state index in [0.717, 1.165) is 10.0 Å². The summed E-state index contributed by atoms with van der Waals surface area (Å²) in [5.74, 6) is 0.0482. The summed E-state index contributed by atoms with van der Waals surface area (Å²) < 4.78 is 6.55. The van der Waals surface area contributed by atoms with E-state index in [9.17, 15) is 9.59 Å². The molecule has 0 aliphatic heterocycles. The first-order valence-corrected chi connectivity index (χ1v) is 10.5. The standard InChI is InChI=1S/C22H26BrClN2O3/c1-15(21(28)25-22(2,3)4)26(13-16-5-7-17(23)8-6-16)20(27)14-29-19-11-9-18(24)10-12-19/h5-12,15H,13-14H2,1-4H3,(H,25,28)/t15-/m0/s1. The van der Waals surface area contributed by atoms with Crippen LogP contribution in [0.25, 0.3) is 0 Å². The van der Waals surface area contributed by atoms with Gasteiger partial charge >= 0.3 is 0 Å². The average molecular weight is 482 g/mol. The number of halogens is 2. The molecule has 0 radical (unpaired) electrons. The van der Waals surface area contributed by atoms with Crippen molar-refractivity contribution in [2.75, 3.05) is 6.61 Å². The molecule has 156 valence electrons. The Bertz CT molecular complexity index is 833. The lowest BCUT2D eigenvalue weighted by atomic mass is 10.1. The second-order valence-electron chi connectivity index (χ2n) is 7.81. The lowest BCUT2D eigenvalue weighted by molar-refractivity contribution is -0.142. The Kier molecular flexibility index (Phi) is 8.11. The van der Waals surface area contributed by atoms with Crippen LogP contribution in [0.4, 0.5) is 0 Å². The van der Waals surface area contributed by atoms with Crippen molar-refractivity contribution in [3.05, 3.63) is 63.6 Å². The van der Waals surface area contributed by atoms with Crippen LogP contribution in [0, 0.1) is 0 Å². The predicted molar refractivity (Wildman–Crippen MR) is 119 cm³/mol.